The third-order valence-electron chi connectivity index (χ3n) is 4.53. The third-order valence-corrected chi connectivity index (χ3v) is 7.05. The van der Waals surface area contributed by atoms with Gasteiger partial charge in [0.15, 0.2) is 11.6 Å². The largest absolute Gasteiger partial charge is 0.466 e. The monoisotopic (exact) mass is 486 g/mol. The molecule has 11 heteroatoms. The van der Waals surface area contributed by atoms with Gasteiger partial charge in [-0.1, -0.05) is 11.6 Å². The SMILES string of the molecule is CCOC(=O)CC1Sc2cc(Cl)ccc2N(Cc2nc3c(F)c(F)cc(F)c3s2)C1=O. The smallest absolute Gasteiger partial charge is 0.307 e. The van der Waals surface area contributed by atoms with E-state index in [4.69, 9.17) is 16.3 Å². The minimum absolute atomic E-state index is 0.104. The van der Waals surface area contributed by atoms with Crippen LogP contribution in [0.3, 0.4) is 0 Å². The highest BCUT2D eigenvalue weighted by Crippen LogP contribution is 2.43. The van der Waals surface area contributed by atoms with Gasteiger partial charge in [0.2, 0.25) is 5.91 Å². The van der Waals surface area contributed by atoms with E-state index >= 15 is 0 Å². The lowest BCUT2D eigenvalue weighted by atomic mass is 10.2. The molecule has 1 aromatic heterocycles. The van der Waals surface area contributed by atoms with E-state index in [0.29, 0.717) is 21.7 Å². The number of hydrogen-bond acceptors (Lipinski definition) is 6. The molecule has 4 rings (SSSR count). The second kappa shape index (κ2) is 8.68. The molecule has 5 nitrogen and oxygen atoms in total. The lowest BCUT2D eigenvalue weighted by molar-refractivity contribution is -0.144. The number of carbonyl (C=O) groups excluding carboxylic acids is 2. The van der Waals surface area contributed by atoms with Crippen molar-refractivity contribution in [2.45, 2.75) is 30.0 Å². The molecule has 1 amide bonds. The predicted molar refractivity (Wildman–Crippen MR) is 113 cm³/mol. The van der Waals surface area contributed by atoms with Crippen molar-refractivity contribution in [3.8, 4) is 0 Å². The Bertz CT molecular complexity index is 1200. The molecule has 0 saturated heterocycles. The zero-order valence-electron chi connectivity index (χ0n) is 16.0. The zero-order chi connectivity index (χ0) is 22.3. The first-order chi connectivity index (χ1) is 14.8. The van der Waals surface area contributed by atoms with Gasteiger partial charge in [-0.25, -0.2) is 18.2 Å². The summed E-state index contributed by atoms with van der Waals surface area (Å²) in [5.41, 5.74) is 0.113. The Morgan fingerprint density at radius 1 is 1.26 bits per heavy atom. The van der Waals surface area contributed by atoms with Crippen molar-refractivity contribution in [1.82, 2.24) is 4.98 Å². The van der Waals surface area contributed by atoms with Gasteiger partial charge in [-0.15, -0.1) is 23.1 Å². The number of hydrogen-bond donors (Lipinski definition) is 0. The number of rotatable bonds is 5. The van der Waals surface area contributed by atoms with Gasteiger partial charge in [-0.05, 0) is 25.1 Å². The molecule has 0 bridgehead atoms. The van der Waals surface area contributed by atoms with Gasteiger partial charge in [0.1, 0.15) is 16.3 Å². The Morgan fingerprint density at radius 3 is 2.77 bits per heavy atom. The molecule has 2 heterocycles. The highest BCUT2D eigenvalue weighted by Gasteiger charge is 2.36. The van der Waals surface area contributed by atoms with Crippen LogP contribution >= 0.6 is 34.7 Å². The minimum Gasteiger partial charge on any atom is -0.466 e. The van der Waals surface area contributed by atoms with Crippen molar-refractivity contribution in [3.05, 3.63) is 51.7 Å². The van der Waals surface area contributed by atoms with E-state index in [0.717, 1.165) is 11.3 Å². The predicted octanol–water partition coefficient (Wildman–Crippen LogP) is 5.33. The number of thioether (sulfide) groups is 1. The van der Waals surface area contributed by atoms with Gasteiger partial charge in [-0.3, -0.25) is 9.59 Å². The molecule has 31 heavy (non-hydrogen) atoms. The van der Waals surface area contributed by atoms with Crippen molar-refractivity contribution >= 4 is 62.5 Å². The van der Waals surface area contributed by atoms with E-state index < -0.39 is 34.2 Å². The second-order valence-corrected chi connectivity index (χ2v) is 9.36. The lowest BCUT2D eigenvalue weighted by Gasteiger charge is -2.33. The quantitative estimate of drug-likeness (QED) is 0.360. The maximum atomic E-state index is 14.1. The minimum atomic E-state index is -1.33. The zero-order valence-corrected chi connectivity index (χ0v) is 18.3. The van der Waals surface area contributed by atoms with Crippen molar-refractivity contribution in [2.75, 3.05) is 11.5 Å². The highest BCUT2D eigenvalue weighted by atomic mass is 35.5. The summed E-state index contributed by atoms with van der Waals surface area (Å²) >= 11 is 8.12. The van der Waals surface area contributed by atoms with Crippen LogP contribution < -0.4 is 4.90 Å². The number of amides is 1. The van der Waals surface area contributed by atoms with Crippen molar-refractivity contribution in [2.24, 2.45) is 0 Å². The molecular formula is C20H14ClF3N2O3S2. The molecule has 3 aromatic rings. The number of benzene rings is 2. The molecule has 162 valence electrons. The number of esters is 1. The summed E-state index contributed by atoms with van der Waals surface area (Å²) in [6.45, 7) is 1.76. The van der Waals surface area contributed by atoms with Gasteiger partial charge < -0.3 is 9.64 Å². The van der Waals surface area contributed by atoms with Crippen LogP contribution in [0.5, 0.6) is 0 Å². The summed E-state index contributed by atoms with van der Waals surface area (Å²) in [6.07, 6.45) is -0.145. The molecule has 1 aliphatic heterocycles. The van der Waals surface area contributed by atoms with Crippen LogP contribution in [0.15, 0.2) is 29.2 Å². The Morgan fingerprint density at radius 2 is 2.03 bits per heavy atom. The van der Waals surface area contributed by atoms with Crippen LogP contribution in [0.1, 0.15) is 18.4 Å². The fourth-order valence-corrected chi connectivity index (χ4v) is 5.64. The molecule has 0 spiro atoms. The molecule has 1 unspecified atom stereocenters. The van der Waals surface area contributed by atoms with E-state index in [-0.39, 0.29) is 35.2 Å². The summed E-state index contributed by atoms with van der Waals surface area (Å²) in [5.74, 6) is -4.39. The van der Waals surface area contributed by atoms with E-state index in [2.05, 4.69) is 4.98 Å². The van der Waals surface area contributed by atoms with E-state index in [1.807, 2.05) is 0 Å². The number of thiazole rings is 1. The van der Waals surface area contributed by atoms with Gasteiger partial charge in [0.05, 0.1) is 35.2 Å². The van der Waals surface area contributed by atoms with Crippen LogP contribution in [0.25, 0.3) is 10.2 Å². The molecule has 1 aliphatic rings. The van der Waals surface area contributed by atoms with Gasteiger partial charge >= 0.3 is 5.97 Å². The van der Waals surface area contributed by atoms with Crippen LogP contribution in [0.4, 0.5) is 18.9 Å². The molecule has 0 radical (unpaired) electrons. The maximum Gasteiger partial charge on any atom is 0.307 e. The molecule has 0 saturated carbocycles. The van der Waals surface area contributed by atoms with Crippen molar-refractivity contribution in [1.29, 1.82) is 0 Å². The summed E-state index contributed by atoms with van der Waals surface area (Å²) in [6, 6.07) is 5.40. The maximum absolute atomic E-state index is 14.1. The molecule has 2 aromatic carbocycles. The summed E-state index contributed by atoms with van der Waals surface area (Å²) in [4.78, 5) is 31.2. The van der Waals surface area contributed by atoms with Gasteiger partial charge in [0.25, 0.3) is 0 Å². The van der Waals surface area contributed by atoms with Gasteiger partial charge in [-0.2, -0.15) is 0 Å². The molecule has 0 N–H and O–H groups in total. The fourth-order valence-electron chi connectivity index (χ4n) is 3.20. The molecule has 0 fully saturated rings. The number of ether oxygens (including phenoxy) is 1. The van der Waals surface area contributed by atoms with Crippen LogP contribution in [-0.2, 0) is 20.9 Å². The normalized spacial score (nSPS) is 16.0. The highest BCUT2D eigenvalue weighted by molar-refractivity contribution is 8.01. The number of halogens is 4. The first-order valence-electron chi connectivity index (χ1n) is 9.14. The third kappa shape index (κ3) is 4.24. The number of anilines is 1. The topological polar surface area (TPSA) is 59.5 Å². The number of nitrogens with zero attached hydrogens (tertiary/aromatic N) is 2. The Labute approximate surface area is 188 Å². The summed E-state index contributed by atoms with van der Waals surface area (Å²) in [5, 5.41) is -0.0882. The van der Waals surface area contributed by atoms with E-state index in [1.54, 1.807) is 25.1 Å². The number of carbonyl (C=O) groups is 2. The molecular weight excluding hydrogens is 473 g/mol. The second-order valence-electron chi connectivity index (χ2n) is 6.59. The Hall–Kier alpha value is -2.30. The Balaban J connectivity index is 1.71. The first-order valence-corrected chi connectivity index (χ1v) is 11.2. The first kappa shape index (κ1) is 21.9. The fraction of sp³-hybridized carbons (Fsp3) is 0.250. The van der Waals surface area contributed by atoms with Crippen LogP contribution in [0.2, 0.25) is 5.02 Å². The van der Waals surface area contributed by atoms with Crippen LogP contribution in [0, 0.1) is 17.5 Å². The number of fused-ring (bicyclic) bond motifs is 2. The van der Waals surface area contributed by atoms with Crippen molar-refractivity contribution in [3.63, 3.8) is 0 Å². The average molecular weight is 487 g/mol. The van der Waals surface area contributed by atoms with Crippen LogP contribution in [-0.4, -0.2) is 28.7 Å². The Kier molecular flexibility index (Phi) is 6.14. The van der Waals surface area contributed by atoms with E-state index in [1.165, 1.54) is 16.7 Å². The van der Waals surface area contributed by atoms with Gasteiger partial charge in [0, 0.05) is 16.0 Å². The summed E-state index contributed by atoms with van der Waals surface area (Å²) < 4.78 is 46.5. The standard InChI is InChI=1S/C20H14ClF3N2O3S2/c1-2-29-16(27)7-14-20(28)26(12-4-3-9(21)5-13(12)30-14)8-15-25-18-17(24)10(22)6-11(23)19(18)31-15/h3-6,14H,2,7-8H2,1H3. The lowest BCUT2D eigenvalue weighted by Crippen LogP contribution is -2.41. The van der Waals surface area contributed by atoms with Crippen molar-refractivity contribution < 1.29 is 27.5 Å². The molecule has 1 atom stereocenters. The molecule has 0 aliphatic carbocycles. The average Bonchev–Trinajstić information content (AvgIpc) is 3.14. The number of aromatic nitrogens is 1. The summed E-state index contributed by atoms with van der Waals surface area (Å²) in [7, 11) is 0. The van der Waals surface area contributed by atoms with E-state index in [9.17, 15) is 22.8 Å².